The molecule has 1 N–H and O–H groups in total. The van der Waals surface area contributed by atoms with E-state index < -0.39 is 12.0 Å². The maximum absolute atomic E-state index is 12.5. The summed E-state index contributed by atoms with van der Waals surface area (Å²) in [7, 11) is 0. The third kappa shape index (κ3) is 2.84. The summed E-state index contributed by atoms with van der Waals surface area (Å²) in [5.41, 5.74) is 1.13. The van der Waals surface area contributed by atoms with Crippen LogP contribution in [0.15, 0.2) is 29.6 Å². The monoisotopic (exact) mass is 336 g/mol. The summed E-state index contributed by atoms with van der Waals surface area (Å²) in [6.07, 6.45) is 1.19. The molecule has 1 saturated heterocycles. The number of amides is 1. The molecule has 114 valence electrons. The largest absolute Gasteiger partial charge is 0.480 e. The number of halogens is 1. The SMILES string of the molecule is O=C(O)C1CCCN1C(=O)c1csc(-c2cccc(Cl)c2)n1. The van der Waals surface area contributed by atoms with Gasteiger partial charge in [-0.1, -0.05) is 23.7 Å². The summed E-state index contributed by atoms with van der Waals surface area (Å²) < 4.78 is 0. The zero-order chi connectivity index (χ0) is 15.7. The molecule has 0 saturated carbocycles. The first-order valence-corrected chi connectivity index (χ1v) is 8.07. The molecule has 2 aromatic rings. The standard InChI is InChI=1S/C15H13ClN2O3S/c16-10-4-1-3-9(7-10)13-17-11(8-22-13)14(19)18-6-2-5-12(18)15(20)21/h1,3-4,7-8,12H,2,5-6H2,(H,20,21). The summed E-state index contributed by atoms with van der Waals surface area (Å²) in [4.78, 5) is 29.4. The Bertz CT molecular complexity index is 731. The second-order valence-electron chi connectivity index (χ2n) is 5.04. The Labute approximate surface area is 136 Å². The lowest BCUT2D eigenvalue weighted by Gasteiger charge is -2.20. The van der Waals surface area contributed by atoms with E-state index in [1.807, 2.05) is 12.1 Å². The molecule has 5 nitrogen and oxygen atoms in total. The first-order valence-electron chi connectivity index (χ1n) is 6.81. The molecule has 1 aliphatic rings. The van der Waals surface area contributed by atoms with Crippen molar-refractivity contribution >= 4 is 34.8 Å². The predicted molar refractivity (Wildman–Crippen MR) is 84.3 cm³/mol. The van der Waals surface area contributed by atoms with Gasteiger partial charge in [-0.2, -0.15) is 0 Å². The quantitative estimate of drug-likeness (QED) is 0.934. The Balaban J connectivity index is 1.84. The normalized spacial score (nSPS) is 17.7. The Hall–Kier alpha value is -1.92. The van der Waals surface area contributed by atoms with Crippen LogP contribution in [0.4, 0.5) is 0 Å². The maximum atomic E-state index is 12.5. The van der Waals surface area contributed by atoms with E-state index in [0.29, 0.717) is 29.4 Å². The number of aromatic nitrogens is 1. The van der Waals surface area contributed by atoms with E-state index in [2.05, 4.69) is 4.98 Å². The highest BCUT2D eigenvalue weighted by Gasteiger charge is 2.35. The minimum absolute atomic E-state index is 0.285. The molecule has 3 rings (SSSR count). The van der Waals surface area contributed by atoms with Crippen molar-refractivity contribution in [3.05, 3.63) is 40.4 Å². The molecular weight excluding hydrogens is 324 g/mol. The number of likely N-dealkylation sites (tertiary alicyclic amines) is 1. The van der Waals surface area contributed by atoms with Crippen LogP contribution in [-0.2, 0) is 4.79 Å². The van der Waals surface area contributed by atoms with Crippen molar-refractivity contribution in [3.8, 4) is 10.6 Å². The number of rotatable bonds is 3. The number of carbonyl (C=O) groups excluding carboxylic acids is 1. The van der Waals surface area contributed by atoms with Crippen molar-refractivity contribution in [2.24, 2.45) is 0 Å². The van der Waals surface area contributed by atoms with Crippen molar-refractivity contribution in [2.45, 2.75) is 18.9 Å². The molecule has 1 aliphatic heterocycles. The van der Waals surface area contributed by atoms with Gasteiger partial charge in [-0.05, 0) is 25.0 Å². The molecule has 1 aromatic carbocycles. The molecule has 1 fully saturated rings. The molecule has 0 radical (unpaired) electrons. The Morgan fingerprint density at radius 3 is 2.95 bits per heavy atom. The minimum atomic E-state index is -0.962. The van der Waals surface area contributed by atoms with Gasteiger partial charge >= 0.3 is 5.97 Å². The van der Waals surface area contributed by atoms with Gasteiger partial charge in [-0.3, -0.25) is 4.79 Å². The van der Waals surface area contributed by atoms with Gasteiger partial charge in [-0.25, -0.2) is 9.78 Å². The number of thiazole rings is 1. The van der Waals surface area contributed by atoms with Gasteiger partial charge in [0, 0.05) is 22.5 Å². The Morgan fingerprint density at radius 1 is 1.41 bits per heavy atom. The summed E-state index contributed by atoms with van der Waals surface area (Å²) >= 11 is 7.30. The van der Waals surface area contributed by atoms with E-state index in [1.165, 1.54) is 16.2 Å². The first kappa shape index (κ1) is 15.0. The van der Waals surface area contributed by atoms with E-state index in [1.54, 1.807) is 17.5 Å². The van der Waals surface area contributed by atoms with Crippen LogP contribution >= 0.6 is 22.9 Å². The molecule has 0 aliphatic carbocycles. The zero-order valence-electron chi connectivity index (χ0n) is 11.5. The van der Waals surface area contributed by atoms with Crippen LogP contribution in [0.25, 0.3) is 10.6 Å². The molecule has 1 unspecified atom stereocenters. The number of carbonyl (C=O) groups is 2. The van der Waals surface area contributed by atoms with Gasteiger partial charge < -0.3 is 10.0 Å². The zero-order valence-corrected chi connectivity index (χ0v) is 13.1. The molecule has 1 aromatic heterocycles. The number of carboxylic acids is 1. The number of hydrogen-bond acceptors (Lipinski definition) is 4. The van der Waals surface area contributed by atoms with Crippen LogP contribution in [0.1, 0.15) is 23.3 Å². The summed E-state index contributed by atoms with van der Waals surface area (Å²) in [5.74, 6) is -1.29. The number of nitrogens with zero attached hydrogens (tertiary/aromatic N) is 2. The van der Waals surface area contributed by atoms with Gasteiger partial charge in [0.1, 0.15) is 16.7 Å². The number of hydrogen-bond donors (Lipinski definition) is 1. The molecule has 1 amide bonds. The number of aliphatic carboxylic acids is 1. The van der Waals surface area contributed by atoms with E-state index in [0.717, 1.165) is 5.56 Å². The smallest absolute Gasteiger partial charge is 0.326 e. The highest BCUT2D eigenvalue weighted by molar-refractivity contribution is 7.13. The van der Waals surface area contributed by atoms with Crippen molar-refractivity contribution < 1.29 is 14.7 Å². The fourth-order valence-electron chi connectivity index (χ4n) is 2.54. The highest BCUT2D eigenvalue weighted by atomic mass is 35.5. The maximum Gasteiger partial charge on any atom is 0.326 e. The second-order valence-corrected chi connectivity index (χ2v) is 6.34. The van der Waals surface area contributed by atoms with Gasteiger partial charge in [0.2, 0.25) is 0 Å². The average molecular weight is 337 g/mol. The van der Waals surface area contributed by atoms with Gasteiger partial charge in [0.15, 0.2) is 0 Å². The molecule has 1 atom stereocenters. The third-order valence-corrected chi connectivity index (χ3v) is 4.72. The lowest BCUT2D eigenvalue weighted by Crippen LogP contribution is -2.40. The van der Waals surface area contributed by atoms with Crippen molar-refractivity contribution in [1.29, 1.82) is 0 Å². The summed E-state index contributed by atoms with van der Waals surface area (Å²) in [5, 5.41) is 12.1. The van der Waals surface area contributed by atoms with Gasteiger partial charge in [-0.15, -0.1) is 11.3 Å². The summed E-state index contributed by atoms with van der Waals surface area (Å²) in [6, 6.07) is 6.50. The molecule has 2 heterocycles. The van der Waals surface area contributed by atoms with Crippen LogP contribution < -0.4 is 0 Å². The lowest BCUT2D eigenvalue weighted by atomic mass is 10.2. The Kier molecular flexibility index (Phi) is 4.13. The molecular formula is C15H13ClN2O3S. The topological polar surface area (TPSA) is 70.5 Å². The third-order valence-electron chi connectivity index (χ3n) is 3.59. The van der Waals surface area contributed by atoms with Gasteiger partial charge in [0.25, 0.3) is 5.91 Å². The molecule has 7 heteroatoms. The molecule has 22 heavy (non-hydrogen) atoms. The average Bonchev–Trinajstić information content (AvgIpc) is 3.16. The fraction of sp³-hybridized carbons (Fsp3) is 0.267. The predicted octanol–water partition coefficient (Wildman–Crippen LogP) is 3.15. The van der Waals surface area contributed by atoms with E-state index in [4.69, 9.17) is 16.7 Å². The van der Waals surface area contributed by atoms with Crippen molar-refractivity contribution in [2.75, 3.05) is 6.54 Å². The fourth-order valence-corrected chi connectivity index (χ4v) is 3.52. The van der Waals surface area contributed by atoms with Crippen LogP contribution in [0, 0.1) is 0 Å². The van der Waals surface area contributed by atoms with Crippen LogP contribution in [-0.4, -0.2) is 39.5 Å². The number of benzene rings is 1. The van der Waals surface area contributed by atoms with Crippen LogP contribution in [0.5, 0.6) is 0 Å². The van der Waals surface area contributed by atoms with Crippen molar-refractivity contribution in [1.82, 2.24) is 9.88 Å². The van der Waals surface area contributed by atoms with Crippen molar-refractivity contribution in [3.63, 3.8) is 0 Å². The van der Waals surface area contributed by atoms with E-state index in [-0.39, 0.29) is 11.6 Å². The molecule has 0 bridgehead atoms. The highest BCUT2D eigenvalue weighted by Crippen LogP contribution is 2.27. The molecule has 0 spiro atoms. The first-order chi connectivity index (χ1) is 10.6. The van der Waals surface area contributed by atoms with E-state index >= 15 is 0 Å². The lowest BCUT2D eigenvalue weighted by molar-refractivity contribution is -0.141. The van der Waals surface area contributed by atoms with Gasteiger partial charge in [0.05, 0.1) is 0 Å². The van der Waals surface area contributed by atoms with Crippen LogP contribution in [0.3, 0.4) is 0 Å². The minimum Gasteiger partial charge on any atom is -0.480 e. The van der Waals surface area contributed by atoms with Crippen LogP contribution in [0.2, 0.25) is 5.02 Å². The number of carboxylic acid groups (broad SMARTS) is 1. The van der Waals surface area contributed by atoms with E-state index in [9.17, 15) is 9.59 Å². The Morgan fingerprint density at radius 2 is 2.23 bits per heavy atom. The summed E-state index contributed by atoms with van der Waals surface area (Å²) in [6.45, 7) is 0.458. The second kappa shape index (κ2) is 6.06.